The molecule has 3 rings (SSSR count). The Labute approximate surface area is 118 Å². The minimum atomic E-state index is 0.324. The summed E-state index contributed by atoms with van der Waals surface area (Å²) in [6.07, 6.45) is 5.50. The van der Waals surface area contributed by atoms with E-state index in [1.807, 2.05) is 31.4 Å². The largest absolute Gasteiger partial charge is 0.469 e. The highest BCUT2D eigenvalue weighted by Gasteiger charge is 2.11. The van der Waals surface area contributed by atoms with E-state index in [0.29, 0.717) is 6.04 Å². The van der Waals surface area contributed by atoms with E-state index < -0.39 is 0 Å². The van der Waals surface area contributed by atoms with Crippen molar-refractivity contribution in [3.63, 3.8) is 0 Å². The number of nitrogens with zero attached hydrogens (tertiary/aromatic N) is 1. The van der Waals surface area contributed by atoms with Crippen LogP contribution in [0.25, 0.3) is 10.9 Å². The monoisotopic (exact) mass is 266 g/mol. The number of furan rings is 1. The lowest BCUT2D eigenvalue weighted by Crippen LogP contribution is -2.17. The summed E-state index contributed by atoms with van der Waals surface area (Å²) in [5.41, 5.74) is 2.33. The molecule has 20 heavy (non-hydrogen) atoms. The molecule has 0 amide bonds. The van der Waals surface area contributed by atoms with Crippen LogP contribution in [-0.2, 0) is 6.42 Å². The summed E-state index contributed by atoms with van der Waals surface area (Å²) >= 11 is 0. The number of nitrogens with one attached hydrogen (secondary N) is 1. The molecule has 0 bridgehead atoms. The van der Waals surface area contributed by atoms with Crippen LogP contribution in [-0.4, -0.2) is 12.0 Å². The van der Waals surface area contributed by atoms with Crippen molar-refractivity contribution >= 4 is 10.9 Å². The summed E-state index contributed by atoms with van der Waals surface area (Å²) in [6.45, 7) is 0. The summed E-state index contributed by atoms with van der Waals surface area (Å²) in [5, 5.41) is 4.57. The fourth-order valence-corrected chi connectivity index (χ4v) is 2.53. The molecular weight excluding hydrogens is 248 g/mol. The van der Waals surface area contributed by atoms with Gasteiger partial charge in [0.1, 0.15) is 5.76 Å². The third kappa shape index (κ3) is 2.73. The number of aromatic nitrogens is 1. The van der Waals surface area contributed by atoms with Crippen LogP contribution < -0.4 is 5.32 Å². The van der Waals surface area contributed by atoms with Crippen LogP contribution in [0.2, 0.25) is 0 Å². The topological polar surface area (TPSA) is 38.1 Å². The summed E-state index contributed by atoms with van der Waals surface area (Å²) in [4.78, 5) is 4.36. The average molecular weight is 266 g/mol. The molecular formula is C17H18N2O. The van der Waals surface area contributed by atoms with E-state index in [1.54, 1.807) is 6.26 Å². The highest BCUT2D eigenvalue weighted by atomic mass is 16.3. The summed E-state index contributed by atoms with van der Waals surface area (Å²) in [6, 6.07) is 14.8. The highest BCUT2D eigenvalue weighted by molar-refractivity contribution is 5.79. The predicted octanol–water partition coefficient (Wildman–Crippen LogP) is 3.72. The predicted molar refractivity (Wildman–Crippen MR) is 80.6 cm³/mol. The van der Waals surface area contributed by atoms with Gasteiger partial charge in [0, 0.05) is 24.0 Å². The fourth-order valence-electron chi connectivity index (χ4n) is 2.53. The molecule has 3 aromatic rings. The van der Waals surface area contributed by atoms with E-state index in [1.165, 1.54) is 10.9 Å². The second-order valence-electron chi connectivity index (χ2n) is 4.91. The SMILES string of the molecule is CNC(CCc1ccco1)c1ccc2ncccc2c1. The first-order chi connectivity index (χ1) is 9.86. The summed E-state index contributed by atoms with van der Waals surface area (Å²) in [5.74, 6) is 1.03. The van der Waals surface area contributed by atoms with Crippen LogP contribution in [0.4, 0.5) is 0 Å². The van der Waals surface area contributed by atoms with Crippen molar-refractivity contribution in [2.75, 3.05) is 7.05 Å². The van der Waals surface area contributed by atoms with Crippen molar-refractivity contribution in [2.24, 2.45) is 0 Å². The molecule has 2 heterocycles. The normalized spacial score (nSPS) is 12.7. The molecule has 1 atom stereocenters. The fraction of sp³-hybridized carbons (Fsp3) is 0.235. The van der Waals surface area contributed by atoms with Gasteiger partial charge in [0.15, 0.2) is 0 Å². The zero-order chi connectivity index (χ0) is 13.8. The van der Waals surface area contributed by atoms with Crippen molar-refractivity contribution in [1.82, 2.24) is 10.3 Å². The molecule has 0 spiro atoms. The molecule has 0 aliphatic rings. The van der Waals surface area contributed by atoms with Gasteiger partial charge in [0.05, 0.1) is 11.8 Å². The lowest BCUT2D eigenvalue weighted by atomic mass is 9.99. The van der Waals surface area contributed by atoms with E-state index in [-0.39, 0.29) is 0 Å². The van der Waals surface area contributed by atoms with Gasteiger partial charge in [0.25, 0.3) is 0 Å². The average Bonchev–Trinajstić information content (AvgIpc) is 3.01. The third-order valence-corrected chi connectivity index (χ3v) is 3.64. The van der Waals surface area contributed by atoms with Crippen LogP contribution in [0, 0.1) is 0 Å². The molecule has 102 valence electrons. The van der Waals surface area contributed by atoms with Crippen LogP contribution >= 0.6 is 0 Å². The van der Waals surface area contributed by atoms with Crippen molar-refractivity contribution in [2.45, 2.75) is 18.9 Å². The molecule has 0 aliphatic carbocycles. The number of fused-ring (bicyclic) bond motifs is 1. The first-order valence-electron chi connectivity index (χ1n) is 6.91. The Kier molecular flexibility index (Phi) is 3.79. The van der Waals surface area contributed by atoms with Gasteiger partial charge in [-0.15, -0.1) is 0 Å². The zero-order valence-corrected chi connectivity index (χ0v) is 11.5. The Bertz CT molecular complexity index is 676. The van der Waals surface area contributed by atoms with Gasteiger partial charge in [-0.1, -0.05) is 12.1 Å². The first kappa shape index (κ1) is 12.9. The van der Waals surface area contributed by atoms with Gasteiger partial charge in [-0.25, -0.2) is 0 Å². The van der Waals surface area contributed by atoms with E-state index >= 15 is 0 Å². The smallest absolute Gasteiger partial charge is 0.103 e. The molecule has 0 saturated carbocycles. The molecule has 1 aromatic carbocycles. The highest BCUT2D eigenvalue weighted by Crippen LogP contribution is 2.22. The molecule has 0 aliphatic heterocycles. The van der Waals surface area contributed by atoms with Gasteiger partial charge in [-0.2, -0.15) is 0 Å². The van der Waals surface area contributed by atoms with Gasteiger partial charge in [0.2, 0.25) is 0 Å². The van der Waals surface area contributed by atoms with Crippen LogP contribution in [0.1, 0.15) is 23.8 Å². The van der Waals surface area contributed by atoms with Crippen molar-refractivity contribution < 1.29 is 4.42 Å². The summed E-state index contributed by atoms with van der Waals surface area (Å²) in [7, 11) is 2.00. The maximum absolute atomic E-state index is 5.40. The molecule has 0 radical (unpaired) electrons. The summed E-state index contributed by atoms with van der Waals surface area (Å²) < 4.78 is 5.40. The van der Waals surface area contributed by atoms with Gasteiger partial charge >= 0.3 is 0 Å². The maximum atomic E-state index is 5.40. The number of benzene rings is 1. The molecule has 2 aromatic heterocycles. The lowest BCUT2D eigenvalue weighted by Gasteiger charge is -2.16. The van der Waals surface area contributed by atoms with Gasteiger partial charge in [-0.3, -0.25) is 4.98 Å². The van der Waals surface area contributed by atoms with Crippen molar-refractivity contribution in [3.8, 4) is 0 Å². The minimum Gasteiger partial charge on any atom is -0.469 e. The van der Waals surface area contributed by atoms with E-state index in [2.05, 4.69) is 34.6 Å². The molecule has 3 nitrogen and oxygen atoms in total. The Hall–Kier alpha value is -2.13. The van der Waals surface area contributed by atoms with Crippen LogP contribution in [0.3, 0.4) is 0 Å². The number of hydrogen-bond donors (Lipinski definition) is 1. The number of rotatable bonds is 5. The van der Waals surface area contributed by atoms with Crippen LogP contribution in [0.15, 0.2) is 59.3 Å². The van der Waals surface area contributed by atoms with E-state index in [4.69, 9.17) is 4.42 Å². The third-order valence-electron chi connectivity index (χ3n) is 3.64. The maximum Gasteiger partial charge on any atom is 0.103 e. The standard InChI is InChI=1S/C17H18N2O/c1-18-16(9-7-15-5-3-11-20-15)14-6-8-17-13(12-14)4-2-10-19-17/h2-6,8,10-12,16,18H,7,9H2,1H3. The molecule has 1 N–H and O–H groups in total. The molecule has 0 fully saturated rings. The minimum absolute atomic E-state index is 0.324. The Balaban J connectivity index is 1.79. The lowest BCUT2D eigenvalue weighted by molar-refractivity contribution is 0.469. The number of aryl methyl sites for hydroxylation is 1. The Morgan fingerprint density at radius 2 is 2.15 bits per heavy atom. The Morgan fingerprint density at radius 1 is 1.20 bits per heavy atom. The van der Waals surface area contributed by atoms with Gasteiger partial charge < -0.3 is 9.73 Å². The van der Waals surface area contributed by atoms with Gasteiger partial charge in [-0.05, 0) is 49.4 Å². The van der Waals surface area contributed by atoms with Crippen molar-refractivity contribution in [1.29, 1.82) is 0 Å². The zero-order valence-electron chi connectivity index (χ0n) is 11.5. The molecule has 1 unspecified atom stereocenters. The Morgan fingerprint density at radius 3 is 2.95 bits per heavy atom. The van der Waals surface area contributed by atoms with E-state index in [0.717, 1.165) is 24.1 Å². The quantitative estimate of drug-likeness (QED) is 0.764. The first-order valence-corrected chi connectivity index (χ1v) is 6.91. The van der Waals surface area contributed by atoms with Crippen LogP contribution in [0.5, 0.6) is 0 Å². The van der Waals surface area contributed by atoms with Crippen molar-refractivity contribution in [3.05, 3.63) is 66.2 Å². The second-order valence-corrected chi connectivity index (χ2v) is 4.91. The molecule has 3 heteroatoms. The van der Waals surface area contributed by atoms with E-state index in [9.17, 15) is 0 Å². The second kappa shape index (κ2) is 5.88. The number of pyridine rings is 1. The molecule has 0 saturated heterocycles. The number of hydrogen-bond acceptors (Lipinski definition) is 3.